The lowest BCUT2D eigenvalue weighted by atomic mass is 10.2. The van der Waals surface area contributed by atoms with E-state index in [0.717, 1.165) is 25.3 Å². The van der Waals surface area contributed by atoms with Crippen molar-refractivity contribution in [2.24, 2.45) is 0 Å². The van der Waals surface area contributed by atoms with Crippen LogP contribution in [0.5, 0.6) is 0 Å². The molecular weight excluding hydrogens is 190 g/mol. The molecule has 0 bridgehead atoms. The molecule has 0 aliphatic carbocycles. The van der Waals surface area contributed by atoms with Gasteiger partial charge in [0.05, 0.1) is 0 Å². The molecule has 0 aliphatic rings. The highest BCUT2D eigenvalue weighted by Crippen LogP contribution is 2.15. The molecule has 1 nitrogen and oxygen atoms in total. The minimum absolute atomic E-state index is 0.961. The Bertz CT molecular complexity index is 273. The number of rotatable bonds is 5. The molecule has 0 radical (unpaired) electrons. The van der Waals surface area contributed by atoms with E-state index < -0.39 is 0 Å². The molecule has 1 aromatic rings. The van der Waals surface area contributed by atoms with Crippen LogP contribution in [0.2, 0.25) is 0 Å². The Hall–Kier alpha value is -0.630. The van der Waals surface area contributed by atoms with E-state index in [9.17, 15) is 0 Å². The molecule has 1 aromatic carbocycles. The number of anilines is 1. The maximum absolute atomic E-state index is 4.24. The van der Waals surface area contributed by atoms with E-state index in [0.29, 0.717) is 0 Å². The molecule has 0 fully saturated rings. The number of thiol groups is 1. The van der Waals surface area contributed by atoms with Gasteiger partial charge in [-0.15, -0.1) is 0 Å². The van der Waals surface area contributed by atoms with Crippen LogP contribution < -0.4 is 4.90 Å². The van der Waals surface area contributed by atoms with Gasteiger partial charge in [-0.05, 0) is 43.7 Å². The van der Waals surface area contributed by atoms with Crippen LogP contribution in [0.25, 0.3) is 0 Å². The Morgan fingerprint density at radius 2 is 2.14 bits per heavy atom. The van der Waals surface area contributed by atoms with E-state index >= 15 is 0 Å². The van der Waals surface area contributed by atoms with E-state index in [1.807, 2.05) is 0 Å². The molecule has 78 valence electrons. The summed E-state index contributed by atoms with van der Waals surface area (Å²) >= 11 is 4.24. The molecule has 0 saturated carbocycles. The van der Waals surface area contributed by atoms with Gasteiger partial charge in [0.1, 0.15) is 0 Å². The SMILES string of the molecule is CCN(CCCS)c1cccc(C)c1. The highest BCUT2D eigenvalue weighted by molar-refractivity contribution is 7.80. The third-order valence-corrected chi connectivity index (χ3v) is 2.65. The Morgan fingerprint density at radius 1 is 1.36 bits per heavy atom. The van der Waals surface area contributed by atoms with Crippen molar-refractivity contribution in [2.45, 2.75) is 20.3 Å². The van der Waals surface area contributed by atoms with E-state index in [1.54, 1.807) is 0 Å². The highest BCUT2D eigenvalue weighted by Gasteiger charge is 2.02. The van der Waals surface area contributed by atoms with Gasteiger partial charge in [0.25, 0.3) is 0 Å². The number of benzene rings is 1. The molecule has 14 heavy (non-hydrogen) atoms. The molecule has 0 atom stereocenters. The Morgan fingerprint density at radius 3 is 2.71 bits per heavy atom. The number of nitrogens with zero attached hydrogens (tertiary/aromatic N) is 1. The summed E-state index contributed by atoms with van der Waals surface area (Å²) < 4.78 is 0. The summed E-state index contributed by atoms with van der Waals surface area (Å²) in [7, 11) is 0. The van der Waals surface area contributed by atoms with Crippen molar-refractivity contribution in [2.75, 3.05) is 23.7 Å². The zero-order valence-corrected chi connectivity index (χ0v) is 9.93. The summed E-state index contributed by atoms with van der Waals surface area (Å²) in [6.07, 6.45) is 1.14. The van der Waals surface area contributed by atoms with Gasteiger partial charge in [-0.3, -0.25) is 0 Å². The van der Waals surface area contributed by atoms with Crippen molar-refractivity contribution in [3.05, 3.63) is 29.8 Å². The second-order valence-corrected chi connectivity index (χ2v) is 3.94. The van der Waals surface area contributed by atoms with Crippen LogP contribution in [-0.2, 0) is 0 Å². The van der Waals surface area contributed by atoms with Crippen LogP contribution in [0.3, 0.4) is 0 Å². The second-order valence-electron chi connectivity index (χ2n) is 3.50. The largest absolute Gasteiger partial charge is 0.372 e. The fourth-order valence-corrected chi connectivity index (χ4v) is 1.70. The summed E-state index contributed by atoms with van der Waals surface area (Å²) in [5, 5.41) is 0. The third kappa shape index (κ3) is 3.26. The maximum atomic E-state index is 4.24. The van der Waals surface area contributed by atoms with Crippen LogP contribution in [-0.4, -0.2) is 18.8 Å². The standard InChI is InChI=1S/C12H19NS/c1-3-13(8-5-9-14)12-7-4-6-11(2)10-12/h4,6-7,10,14H,3,5,8-9H2,1-2H3. The highest BCUT2D eigenvalue weighted by atomic mass is 32.1. The van der Waals surface area contributed by atoms with Crippen molar-refractivity contribution in [3.8, 4) is 0 Å². The fraction of sp³-hybridized carbons (Fsp3) is 0.500. The lowest BCUT2D eigenvalue weighted by Gasteiger charge is -2.23. The van der Waals surface area contributed by atoms with Crippen molar-refractivity contribution in [3.63, 3.8) is 0 Å². The van der Waals surface area contributed by atoms with Gasteiger partial charge in [0, 0.05) is 18.8 Å². The van der Waals surface area contributed by atoms with Crippen LogP contribution in [0, 0.1) is 6.92 Å². The van der Waals surface area contributed by atoms with E-state index in [2.05, 4.69) is 55.6 Å². The Labute approximate surface area is 92.5 Å². The normalized spacial score (nSPS) is 10.2. The van der Waals surface area contributed by atoms with Gasteiger partial charge in [-0.1, -0.05) is 12.1 Å². The molecule has 0 aromatic heterocycles. The lowest BCUT2D eigenvalue weighted by molar-refractivity contribution is 0.797. The van der Waals surface area contributed by atoms with Gasteiger partial charge in [-0.2, -0.15) is 12.6 Å². The van der Waals surface area contributed by atoms with E-state index in [1.165, 1.54) is 11.3 Å². The van der Waals surface area contributed by atoms with Gasteiger partial charge in [0.15, 0.2) is 0 Å². The van der Waals surface area contributed by atoms with Gasteiger partial charge >= 0.3 is 0 Å². The quantitative estimate of drug-likeness (QED) is 0.729. The lowest BCUT2D eigenvalue weighted by Crippen LogP contribution is -2.24. The van der Waals surface area contributed by atoms with Crippen molar-refractivity contribution in [1.82, 2.24) is 0 Å². The molecular formula is C12H19NS. The summed E-state index contributed by atoms with van der Waals surface area (Å²) in [5.41, 5.74) is 2.65. The molecule has 1 rings (SSSR count). The van der Waals surface area contributed by atoms with Gasteiger partial charge < -0.3 is 4.90 Å². The first-order valence-corrected chi connectivity index (χ1v) is 5.83. The Balaban J connectivity index is 2.68. The van der Waals surface area contributed by atoms with Crippen molar-refractivity contribution < 1.29 is 0 Å². The second kappa shape index (κ2) is 5.97. The monoisotopic (exact) mass is 209 g/mol. The minimum Gasteiger partial charge on any atom is -0.372 e. The van der Waals surface area contributed by atoms with Crippen LogP contribution in [0.15, 0.2) is 24.3 Å². The molecule has 0 heterocycles. The fourth-order valence-electron chi connectivity index (χ4n) is 1.56. The van der Waals surface area contributed by atoms with E-state index in [4.69, 9.17) is 0 Å². The molecule has 0 spiro atoms. The van der Waals surface area contributed by atoms with Crippen molar-refractivity contribution in [1.29, 1.82) is 0 Å². The van der Waals surface area contributed by atoms with Crippen LogP contribution in [0.4, 0.5) is 5.69 Å². The zero-order valence-electron chi connectivity index (χ0n) is 9.03. The first kappa shape index (κ1) is 11.4. The summed E-state index contributed by atoms with van der Waals surface area (Å²) in [6.45, 7) is 6.50. The van der Waals surface area contributed by atoms with E-state index in [-0.39, 0.29) is 0 Å². The Kier molecular flexibility index (Phi) is 4.88. The van der Waals surface area contributed by atoms with Crippen LogP contribution in [0.1, 0.15) is 18.9 Å². The predicted octanol–water partition coefficient (Wildman–Crippen LogP) is 3.14. The zero-order chi connectivity index (χ0) is 10.4. The average Bonchev–Trinajstić information content (AvgIpc) is 2.19. The number of aryl methyl sites for hydroxylation is 1. The predicted molar refractivity (Wildman–Crippen MR) is 67.5 cm³/mol. The average molecular weight is 209 g/mol. The van der Waals surface area contributed by atoms with Crippen molar-refractivity contribution >= 4 is 18.3 Å². The molecule has 0 saturated heterocycles. The summed E-state index contributed by atoms with van der Waals surface area (Å²) in [4.78, 5) is 2.39. The smallest absolute Gasteiger partial charge is 0.0368 e. The topological polar surface area (TPSA) is 3.24 Å². The molecule has 0 unspecified atom stereocenters. The number of hydrogen-bond acceptors (Lipinski definition) is 2. The third-order valence-electron chi connectivity index (χ3n) is 2.33. The summed E-state index contributed by atoms with van der Waals surface area (Å²) in [6, 6.07) is 8.67. The van der Waals surface area contributed by atoms with Crippen LogP contribution >= 0.6 is 12.6 Å². The molecule has 0 amide bonds. The molecule has 0 N–H and O–H groups in total. The number of hydrogen-bond donors (Lipinski definition) is 1. The minimum atomic E-state index is 0.961. The van der Waals surface area contributed by atoms with Gasteiger partial charge in [-0.25, -0.2) is 0 Å². The molecule has 0 aliphatic heterocycles. The molecule has 2 heteroatoms. The first-order chi connectivity index (χ1) is 6.77. The maximum Gasteiger partial charge on any atom is 0.0368 e. The van der Waals surface area contributed by atoms with Gasteiger partial charge in [0.2, 0.25) is 0 Å². The summed E-state index contributed by atoms with van der Waals surface area (Å²) in [5.74, 6) is 0.961. The first-order valence-electron chi connectivity index (χ1n) is 5.20.